The highest BCUT2D eigenvalue weighted by molar-refractivity contribution is 7.15. The first-order valence-corrected chi connectivity index (χ1v) is 7.19. The van der Waals surface area contributed by atoms with Gasteiger partial charge in [0.1, 0.15) is 5.01 Å². The number of carbonyl (C=O) groups excluding carboxylic acids is 1. The van der Waals surface area contributed by atoms with E-state index in [1.165, 1.54) is 0 Å². The van der Waals surface area contributed by atoms with E-state index in [9.17, 15) is 4.79 Å². The molecule has 4 heteroatoms. The van der Waals surface area contributed by atoms with Gasteiger partial charge in [-0.25, -0.2) is 4.98 Å². The van der Waals surface area contributed by atoms with Gasteiger partial charge in [-0.2, -0.15) is 0 Å². The normalized spacial score (nSPS) is 10.7. The minimum Gasteiger partial charge on any atom is -0.354 e. The first-order valence-electron chi connectivity index (χ1n) is 6.37. The number of nitrogens with zero attached hydrogens (tertiary/aromatic N) is 1. The van der Waals surface area contributed by atoms with Gasteiger partial charge >= 0.3 is 0 Å². The fourth-order valence-electron chi connectivity index (χ4n) is 1.82. The minimum absolute atomic E-state index is 0.0568. The van der Waals surface area contributed by atoms with Crippen molar-refractivity contribution in [3.63, 3.8) is 0 Å². The van der Waals surface area contributed by atoms with Crippen molar-refractivity contribution in [3.05, 3.63) is 40.9 Å². The maximum Gasteiger partial charge on any atom is 0.225 e. The van der Waals surface area contributed by atoms with Crippen LogP contribution in [-0.2, 0) is 11.2 Å². The summed E-state index contributed by atoms with van der Waals surface area (Å²) in [4.78, 5) is 17.4. The molecule has 0 spiro atoms. The molecule has 2 rings (SSSR count). The average molecular weight is 274 g/mol. The summed E-state index contributed by atoms with van der Waals surface area (Å²) in [6.07, 6.45) is 0.411. The number of amides is 1. The lowest BCUT2D eigenvalue weighted by molar-refractivity contribution is -0.120. The number of benzene rings is 1. The van der Waals surface area contributed by atoms with Crippen LogP contribution in [0.1, 0.15) is 24.4 Å². The van der Waals surface area contributed by atoms with Crippen molar-refractivity contribution in [1.82, 2.24) is 10.3 Å². The van der Waals surface area contributed by atoms with Gasteiger partial charge in [-0.05, 0) is 20.8 Å². The molecule has 1 heterocycles. The van der Waals surface area contributed by atoms with Crippen molar-refractivity contribution in [1.29, 1.82) is 0 Å². The zero-order chi connectivity index (χ0) is 13.8. The molecule has 0 fully saturated rings. The number of hydrogen-bond acceptors (Lipinski definition) is 3. The number of aryl methyl sites for hydroxylation is 1. The SMILES string of the molecule is Cc1nc(-c2ccccc2)sc1CC(=O)NC(C)C. The molecular formula is C15H18N2OS. The number of aromatic nitrogens is 1. The van der Waals surface area contributed by atoms with Crippen LogP contribution in [0.2, 0.25) is 0 Å². The Hall–Kier alpha value is -1.68. The number of nitrogens with one attached hydrogen (secondary N) is 1. The molecule has 0 radical (unpaired) electrons. The van der Waals surface area contributed by atoms with Crippen LogP contribution in [-0.4, -0.2) is 16.9 Å². The van der Waals surface area contributed by atoms with Crippen molar-refractivity contribution in [3.8, 4) is 10.6 Å². The first-order chi connectivity index (χ1) is 9.06. The molecule has 19 heavy (non-hydrogen) atoms. The second-order valence-electron chi connectivity index (χ2n) is 4.79. The summed E-state index contributed by atoms with van der Waals surface area (Å²) >= 11 is 1.60. The van der Waals surface area contributed by atoms with Crippen LogP contribution in [0.5, 0.6) is 0 Å². The molecular weight excluding hydrogens is 256 g/mol. The van der Waals surface area contributed by atoms with E-state index in [1.807, 2.05) is 51.1 Å². The van der Waals surface area contributed by atoms with Crippen molar-refractivity contribution < 1.29 is 4.79 Å². The Balaban J connectivity index is 2.16. The summed E-state index contributed by atoms with van der Waals surface area (Å²) < 4.78 is 0. The Morgan fingerprint density at radius 2 is 2.00 bits per heavy atom. The second kappa shape index (κ2) is 5.97. The molecule has 0 unspecified atom stereocenters. The fourth-order valence-corrected chi connectivity index (χ4v) is 2.88. The smallest absolute Gasteiger partial charge is 0.225 e. The highest BCUT2D eigenvalue weighted by atomic mass is 32.1. The molecule has 2 aromatic rings. The van der Waals surface area contributed by atoms with Gasteiger partial charge in [-0.3, -0.25) is 4.79 Å². The molecule has 1 amide bonds. The lowest BCUT2D eigenvalue weighted by atomic mass is 10.2. The first kappa shape index (κ1) is 13.7. The molecule has 3 nitrogen and oxygen atoms in total. The Labute approximate surface area is 117 Å². The molecule has 1 aromatic heterocycles. The molecule has 0 atom stereocenters. The predicted octanol–water partition coefficient (Wildman–Crippen LogP) is 3.19. The summed E-state index contributed by atoms with van der Waals surface area (Å²) in [6.45, 7) is 5.89. The highest BCUT2D eigenvalue weighted by Crippen LogP contribution is 2.27. The summed E-state index contributed by atoms with van der Waals surface area (Å²) in [5, 5.41) is 3.88. The fraction of sp³-hybridized carbons (Fsp3) is 0.333. The number of carbonyl (C=O) groups is 1. The average Bonchev–Trinajstić information content (AvgIpc) is 2.71. The van der Waals surface area contributed by atoms with Crippen molar-refractivity contribution in [2.75, 3.05) is 0 Å². The van der Waals surface area contributed by atoms with Crippen LogP contribution in [0.4, 0.5) is 0 Å². The van der Waals surface area contributed by atoms with Gasteiger partial charge in [0.15, 0.2) is 0 Å². The quantitative estimate of drug-likeness (QED) is 0.930. The molecule has 0 aliphatic rings. The molecule has 0 aliphatic heterocycles. The third-order valence-electron chi connectivity index (χ3n) is 2.68. The van der Waals surface area contributed by atoms with Crippen molar-refractivity contribution >= 4 is 17.2 Å². The summed E-state index contributed by atoms with van der Waals surface area (Å²) in [6, 6.07) is 10.2. The van der Waals surface area contributed by atoms with Gasteiger partial charge < -0.3 is 5.32 Å². The lowest BCUT2D eigenvalue weighted by Gasteiger charge is -2.06. The standard InChI is InChI=1S/C15H18N2OS/c1-10(2)16-14(18)9-13-11(3)17-15(19-13)12-7-5-4-6-8-12/h4-8,10H,9H2,1-3H3,(H,16,18). The molecule has 1 aromatic carbocycles. The molecule has 0 aliphatic carbocycles. The van der Waals surface area contributed by atoms with E-state index in [0.717, 1.165) is 21.1 Å². The van der Waals surface area contributed by atoms with Gasteiger partial charge in [0.2, 0.25) is 5.91 Å². The Bertz CT molecular complexity index is 561. The molecule has 0 bridgehead atoms. The van der Waals surface area contributed by atoms with Gasteiger partial charge in [0.05, 0.1) is 12.1 Å². The summed E-state index contributed by atoms with van der Waals surface area (Å²) in [7, 11) is 0. The van der Waals surface area contributed by atoms with Crippen LogP contribution >= 0.6 is 11.3 Å². The maximum absolute atomic E-state index is 11.8. The minimum atomic E-state index is 0.0568. The van der Waals surface area contributed by atoms with E-state index in [1.54, 1.807) is 11.3 Å². The van der Waals surface area contributed by atoms with E-state index in [-0.39, 0.29) is 11.9 Å². The van der Waals surface area contributed by atoms with Crippen LogP contribution in [0.15, 0.2) is 30.3 Å². The number of hydrogen-bond donors (Lipinski definition) is 1. The highest BCUT2D eigenvalue weighted by Gasteiger charge is 2.13. The maximum atomic E-state index is 11.8. The number of thiazole rings is 1. The molecule has 100 valence electrons. The third kappa shape index (κ3) is 3.64. The zero-order valence-corrected chi connectivity index (χ0v) is 12.3. The zero-order valence-electron chi connectivity index (χ0n) is 11.4. The van der Waals surface area contributed by atoms with Gasteiger partial charge in [-0.15, -0.1) is 11.3 Å². The van der Waals surface area contributed by atoms with Crippen LogP contribution in [0.25, 0.3) is 10.6 Å². The van der Waals surface area contributed by atoms with E-state index >= 15 is 0 Å². The van der Waals surface area contributed by atoms with Crippen LogP contribution < -0.4 is 5.32 Å². The van der Waals surface area contributed by atoms with E-state index in [0.29, 0.717) is 6.42 Å². The summed E-state index contributed by atoms with van der Waals surface area (Å²) in [5.74, 6) is 0.0568. The Morgan fingerprint density at radius 3 is 2.63 bits per heavy atom. The third-order valence-corrected chi connectivity index (χ3v) is 3.89. The monoisotopic (exact) mass is 274 g/mol. The number of rotatable bonds is 4. The second-order valence-corrected chi connectivity index (χ2v) is 5.88. The lowest BCUT2D eigenvalue weighted by Crippen LogP contribution is -2.31. The Kier molecular flexibility index (Phi) is 4.32. The van der Waals surface area contributed by atoms with Crippen molar-refractivity contribution in [2.24, 2.45) is 0 Å². The van der Waals surface area contributed by atoms with Gasteiger partial charge in [-0.1, -0.05) is 30.3 Å². The van der Waals surface area contributed by atoms with Crippen LogP contribution in [0, 0.1) is 6.92 Å². The van der Waals surface area contributed by atoms with E-state index in [4.69, 9.17) is 0 Å². The van der Waals surface area contributed by atoms with Gasteiger partial charge in [0, 0.05) is 16.5 Å². The summed E-state index contributed by atoms with van der Waals surface area (Å²) in [5.41, 5.74) is 2.05. The molecule has 0 saturated heterocycles. The van der Waals surface area contributed by atoms with E-state index in [2.05, 4.69) is 10.3 Å². The van der Waals surface area contributed by atoms with Crippen molar-refractivity contribution in [2.45, 2.75) is 33.2 Å². The van der Waals surface area contributed by atoms with Gasteiger partial charge in [0.25, 0.3) is 0 Å². The molecule has 0 saturated carbocycles. The predicted molar refractivity (Wildman–Crippen MR) is 79.3 cm³/mol. The topological polar surface area (TPSA) is 42.0 Å². The molecule has 1 N–H and O–H groups in total. The van der Waals surface area contributed by atoms with E-state index < -0.39 is 0 Å². The Morgan fingerprint density at radius 1 is 1.32 bits per heavy atom. The largest absolute Gasteiger partial charge is 0.354 e. The van der Waals surface area contributed by atoms with Crippen LogP contribution in [0.3, 0.4) is 0 Å².